The van der Waals surface area contributed by atoms with Gasteiger partial charge in [0.05, 0.1) is 19.0 Å². The first-order valence-electron chi connectivity index (χ1n) is 10.8. The number of hydrogen-bond donors (Lipinski definition) is 1. The maximum Gasteiger partial charge on any atom is 0.185 e. The first-order chi connectivity index (χ1) is 15.5. The van der Waals surface area contributed by atoms with E-state index in [2.05, 4.69) is 20.4 Å². The molecular formula is C20H15F2N5O. The quantitative estimate of drug-likeness (QED) is 0.737. The molecule has 2 aliphatic rings. The molecule has 2 aliphatic heterocycles. The van der Waals surface area contributed by atoms with Gasteiger partial charge >= 0.3 is 0 Å². The monoisotopic (exact) mass is 384 g/mol. The molecule has 2 aromatic carbocycles. The van der Waals surface area contributed by atoms with Crippen LogP contribution >= 0.6 is 0 Å². The molecule has 3 aromatic rings. The van der Waals surface area contributed by atoms with Crippen molar-refractivity contribution in [2.45, 2.75) is 11.9 Å². The molecule has 0 radical (unpaired) electrons. The molecular weight excluding hydrogens is 364 g/mol. The minimum atomic E-state index is -2.85. The molecule has 8 heteroatoms. The molecule has 0 aliphatic carbocycles. The van der Waals surface area contributed by atoms with Gasteiger partial charge in [-0.05, 0) is 29.8 Å². The van der Waals surface area contributed by atoms with Gasteiger partial charge in [0.25, 0.3) is 0 Å². The summed E-state index contributed by atoms with van der Waals surface area (Å²) in [5.41, 5.74) is 0.00522. The number of nitrogens with zero attached hydrogens (tertiary/aromatic N) is 4. The Kier molecular flexibility index (Phi) is 2.62. The Bertz CT molecular complexity index is 1340. The maximum atomic E-state index is 14.4. The number of halogens is 2. The van der Waals surface area contributed by atoms with E-state index in [0.29, 0.717) is 4.68 Å². The van der Waals surface area contributed by atoms with Crippen molar-refractivity contribution in [2.24, 2.45) is 12.0 Å². The fourth-order valence-corrected chi connectivity index (χ4v) is 3.48. The van der Waals surface area contributed by atoms with Gasteiger partial charge in [0.1, 0.15) is 30.3 Å². The van der Waals surface area contributed by atoms with E-state index in [4.69, 9.17) is 4.11 Å². The lowest BCUT2D eigenvalue weighted by Gasteiger charge is -2.37. The molecule has 5 rings (SSSR count). The van der Waals surface area contributed by atoms with Crippen LogP contribution in [0, 0.1) is 11.6 Å². The lowest BCUT2D eigenvalue weighted by Crippen LogP contribution is -2.37. The highest BCUT2D eigenvalue weighted by Gasteiger charge is 2.42. The van der Waals surface area contributed by atoms with Gasteiger partial charge in [-0.25, -0.2) is 13.8 Å². The Balaban J connectivity index is 1.89. The predicted molar refractivity (Wildman–Crippen MR) is 98.6 cm³/mol. The Morgan fingerprint density at radius 3 is 2.86 bits per heavy atom. The van der Waals surface area contributed by atoms with E-state index >= 15 is 0 Å². The first kappa shape index (κ1) is 12.1. The number of rotatable bonds is 2. The fraction of sp³-hybridized carbons (Fsp3) is 0.200. The first-order valence-corrected chi connectivity index (χ1v) is 8.34. The molecule has 3 heterocycles. The van der Waals surface area contributed by atoms with Gasteiger partial charge in [-0.1, -0.05) is 12.1 Å². The van der Waals surface area contributed by atoms with Crippen molar-refractivity contribution in [2.75, 3.05) is 11.9 Å². The van der Waals surface area contributed by atoms with Gasteiger partial charge in [0.2, 0.25) is 0 Å². The van der Waals surface area contributed by atoms with E-state index in [1.165, 1.54) is 12.1 Å². The summed E-state index contributed by atoms with van der Waals surface area (Å²) in [7, 11) is 0. The summed E-state index contributed by atoms with van der Waals surface area (Å²) >= 11 is 0. The van der Waals surface area contributed by atoms with Crippen LogP contribution in [0.3, 0.4) is 0 Å². The molecule has 0 unspecified atom stereocenters. The second-order valence-corrected chi connectivity index (χ2v) is 6.34. The third-order valence-electron chi connectivity index (χ3n) is 4.67. The lowest BCUT2D eigenvalue weighted by molar-refractivity contribution is 0.0999. The number of nitrogens with one attached hydrogen (secondary N) is 1. The number of ketones is 1. The maximum absolute atomic E-state index is 14.4. The number of anilines is 1. The number of aryl methyl sites for hydroxylation is 1. The average molecular weight is 384 g/mol. The van der Waals surface area contributed by atoms with Gasteiger partial charge in [-0.2, -0.15) is 5.10 Å². The van der Waals surface area contributed by atoms with Crippen molar-refractivity contribution in [1.82, 2.24) is 14.8 Å². The van der Waals surface area contributed by atoms with Crippen LogP contribution < -0.4 is 5.32 Å². The zero-order valence-electron chi connectivity index (χ0n) is 19.2. The SMILES string of the molecule is [2H]C([2H])([2H])n1ncnc1[C@]1([2H])C2=NCC(=O)c3cc(F)cc(c32)N[C@@]1([2H])c1ccc(F)cc1. The number of aliphatic imine (C=N–C) groups is 1. The molecule has 0 bridgehead atoms. The minimum Gasteiger partial charge on any atom is -0.376 e. The fourth-order valence-electron chi connectivity index (χ4n) is 3.48. The van der Waals surface area contributed by atoms with Crippen molar-refractivity contribution >= 4 is 17.2 Å². The van der Waals surface area contributed by atoms with Crippen molar-refractivity contribution in [3.8, 4) is 0 Å². The van der Waals surface area contributed by atoms with Gasteiger partial charge in [-0.3, -0.25) is 14.5 Å². The summed E-state index contributed by atoms with van der Waals surface area (Å²) in [5.74, 6) is -4.64. The van der Waals surface area contributed by atoms with Crippen LogP contribution in [0.25, 0.3) is 0 Å². The topological polar surface area (TPSA) is 72.2 Å². The van der Waals surface area contributed by atoms with Crippen LogP contribution in [0.1, 0.15) is 46.1 Å². The lowest BCUT2D eigenvalue weighted by atomic mass is 9.78. The van der Waals surface area contributed by atoms with E-state index in [-0.39, 0.29) is 28.1 Å². The van der Waals surface area contributed by atoms with Gasteiger partial charge < -0.3 is 5.32 Å². The Morgan fingerprint density at radius 2 is 2.07 bits per heavy atom. The number of hydrogen-bond acceptors (Lipinski definition) is 5. The Labute approximate surface area is 166 Å². The Morgan fingerprint density at radius 1 is 1.25 bits per heavy atom. The second kappa shape index (κ2) is 6.05. The van der Waals surface area contributed by atoms with E-state index in [1.807, 2.05) is 0 Å². The highest BCUT2D eigenvalue weighted by Crippen LogP contribution is 2.44. The third-order valence-corrected chi connectivity index (χ3v) is 4.67. The molecule has 0 amide bonds. The molecule has 1 aromatic heterocycles. The molecule has 2 atom stereocenters. The number of benzene rings is 2. The van der Waals surface area contributed by atoms with Crippen LogP contribution in [0.5, 0.6) is 0 Å². The van der Waals surface area contributed by atoms with Crippen LogP contribution in [-0.2, 0) is 6.98 Å². The van der Waals surface area contributed by atoms with E-state index in [0.717, 1.165) is 30.6 Å². The molecule has 0 saturated carbocycles. The van der Waals surface area contributed by atoms with E-state index in [9.17, 15) is 16.3 Å². The molecule has 0 fully saturated rings. The normalized spacial score (nSPS) is 28.7. The van der Waals surface area contributed by atoms with Crippen LogP contribution in [-0.4, -0.2) is 32.8 Å². The summed E-state index contributed by atoms with van der Waals surface area (Å²) in [6.45, 7) is -3.27. The average Bonchev–Trinajstić information content (AvgIpc) is 3.25. The smallest absolute Gasteiger partial charge is 0.185 e. The number of carbonyl (C=O) groups excluding carboxylic acids is 1. The van der Waals surface area contributed by atoms with Gasteiger partial charge in [0.15, 0.2) is 5.78 Å². The molecule has 0 saturated heterocycles. The van der Waals surface area contributed by atoms with Gasteiger partial charge in [0, 0.05) is 29.3 Å². The number of carbonyl (C=O) groups is 1. The molecule has 1 N–H and O–H groups in total. The second-order valence-electron chi connectivity index (χ2n) is 6.34. The molecule has 0 spiro atoms. The number of Topliss-reactive ketones (excluding diaryl/α,β-unsaturated/α-hetero) is 1. The summed E-state index contributed by atoms with van der Waals surface area (Å²) in [6.07, 6.45) is 0.943. The van der Waals surface area contributed by atoms with Crippen molar-refractivity contribution in [3.63, 3.8) is 0 Å². The molecule has 140 valence electrons. The van der Waals surface area contributed by atoms with Crippen LogP contribution in [0.15, 0.2) is 47.7 Å². The Hall–Kier alpha value is -3.42. The van der Waals surface area contributed by atoms with Crippen LogP contribution in [0.4, 0.5) is 14.5 Å². The predicted octanol–water partition coefficient (Wildman–Crippen LogP) is 3.03. The third kappa shape index (κ3) is 2.45. The van der Waals surface area contributed by atoms with Crippen molar-refractivity contribution in [1.29, 1.82) is 0 Å². The van der Waals surface area contributed by atoms with Crippen molar-refractivity contribution < 1.29 is 20.4 Å². The van der Waals surface area contributed by atoms with E-state index < -0.39 is 48.7 Å². The highest BCUT2D eigenvalue weighted by atomic mass is 19.1. The van der Waals surface area contributed by atoms with E-state index in [1.54, 1.807) is 0 Å². The van der Waals surface area contributed by atoms with Crippen molar-refractivity contribution in [3.05, 3.63) is 76.9 Å². The summed E-state index contributed by atoms with van der Waals surface area (Å²) in [6, 6.07) is 4.51. The minimum absolute atomic E-state index is 0.0268. The van der Waals surface area contributed by atoms with Gasteiger partial charge in [-0.15, -0.1) is 0 Å². The summed E-state index contributed by atoms with van der Waals surface area (Å²) in [4.78, 5) is 20.7. The molecule has 6 nitrogen and oxygen atoms in total. The highest BCUT2D eigenvalue weighted by molar-refractivity contribution is 6.21. The largest absolute Gasteiger partial charge is 0.376 e. The standard InChI is InChI=1S/C20H15F2N5O/c1-27-20(24-9-25-27)17-18(10-2-4-11(21)5-3-10)26-14-7-12(22)6-13-15(28)8-23-19(17)16(13)14/h2-7,9,17-18,26H,8H2,1H3/t17-,18-/m0/s1/i1D3,17D,18D. The zero-order chi connectivity index (χ0) is 23.8. The zero-order valence-corrected chi connectivity index (χ0v) is 14.2. The molecule has 28 heavy (non-hydrogen) atoms. The summed E-state index contributed by atoms with van der Waals surface area (Å²) < 4.78 is 70.9. The van der Waals surface area contributed by atoms with Crippen LogP contribution in [0.2, 0.25) is 0 Å². The number of aromatic nitrogens is 3. The summed E-state index contributed by atoms with van der Waals surface area (Å²) in [5, 5.41) is 6.53.